The van der Waals surface area contributed by atoms with Crippen molar-refractivity contribution in [2.75, 3.05) is 20.1 Å². The topological polar surface area (TPSA) is 162 Å². The molecule has 1 fully saturated rings. The zero-order valence-corrected chi connectivity index (χ0v) is 20.1. The van der Waals surface area contributed by atoms with Crippen molar-refractivity contribution in [1.82, 2.24) is 20.2 Å². The smallest absolute Gasteiger partial charge is 0.300 e. The Balaban J connectivity index is 0.000000591. The monoisotopic (exact) mass is 483 g/mol. The first-order chi connectivity index (χ1) is 15.5. The van der Waals surface area contributed by atoms with Gasteiger partial charge in [0, 0.05) is 56.9 Å². The van der Waals surface area contributed by atoms with Crippen molar-refractivity contribution < 1.29 is 24.6 Å². The summed E-state index contributed by atoms with van der Waals surface area (Å²) in [6.07, 6.45) is 4.33. The van der Waals surface area contributed by atoms with Crippen molar-refractivity contribution in [3.8, 4) is 0 Å². The molecule has 33 heavy (non-hydrogen) atoms. The number of nitrogens with one attached hydrogen (secondary N) is 2. The van der Waals surface area contributed by atoms with Gasteiger partial charge in [0.25, 0.3) is 11.9 Å². The third-order valence-electron chi connectivity index (χ3n) is 5.08. The van der Waals surface area contributed by atoms with E-state index in [1.54, 1.807) is 0 Å². The van der Waals surface area contributed by atoms with Gasteiger partial charge in [0.05, 0.1) is 11.0 Å². The van der Waals surface area contributed by atoms with E-state index in [9.17, 15) is 4.79 Å². The van der Waals surface area contributed by atoms with Crippen LogP contribution in [0.2, 0.25) is 5.02 Å². The predicted octanol–water partition coefficient (Wildman–Crippen LogP) is 2.26. The van der Waals surface area contributed by atoms with E-state index in [1.807, 2.05) is 18.2 Å². The van der Waals surface area contributed by atoms with E-state index in [1.165, 1.54) is 0 Å². The van der Waals surface area contributed by atoms with Crippen LogP contribution < -0.4 is 11.1 Å². The summed E-state index contributed by atoms with van der Waals surface area (Å²) in [7, 11) is 2.07. The van der Waals surface area contributed by atoms with E-state index in [0.717, 1.165) is 56.4 Å². The molecule has 0 aliphatic carbocycles. The summed E-state index contributed by atoms with van der Waals surface area (Å²) < 4.78 is 0. The molecular formula is C22H34ClN5O5. The first kappa shape index (κ1) is 28.3. The van der Waals surface area contributed by atoms with Crippen LogP contribution in [0.15, 0.2) is 18.2 Å². The lowest BCUT2D eigenvalue weighted by Gasteiger charge is -2.24. The highest BCUT2D eigenvalue weighted by Gasteiger charge is 2.30. The van der Waals surface area contributed by atoms with Gasteiger partial charge >= 0.3 is 0 Å². The summed E-state index contributed by atoms with van der Waals surface area (Å²) in [6, 6.07) is 6.35. The number of hydrogen-bond donors (Lipinski definition) is 5. The predicted molar refractivity (Wildman–Crippen MR) is 127 cm³/mol. The molecular weight excluding hydrogens is 450 g/mol. The summed E-state index contributed by atoms with van der Waals surface area (Å²) in [5.41, 5.74) is 7.62. The minimum absolute atomic E-state index is 0.117. The molecule has 0 spiro atoms. The number of aliphatic carboxylic acids is 2. The third-order valence-corrected chi connectivity index (χ3v) is 5.32. The Morgan fingerprint density at radius 2 is 1.82 bits per heavy atom. The number of fused-ring (bicyclic) bond motifs is 1. The van der Waals surface area contributed by atoms with Gasteiger partial charge in [-0.25, -0.2) is 4.98 Å². The quantitative estimate of drug-likeness (QED) is 0.374. The molecule has 1 saturated heterocycles. The number of imidazole rings is 1. The van der Waals surface area contributed by atoms with Crippen LogP contribution in [0, 0.1) is 0 Å². The first-order valence-corrected chi connectivity index (χ1v) is 11.1. The molecule has 6 N–H and O–H groups in total. The van der Waals surface area contributed by atoms with Gasteiger partial charge in [0.2, 0.25) is 5.91 Å². The van der Waals surface area contributed by atoms with Gasteiger partial charge in [0.15, 0.2) is 0 Å². The van der Waals surface area contributed by atoms with Crippen LogP contribution in [-0.4, -0.2) is 75.1 Å². The minimum atomic E-state index is -0.833. The summed E-state index contributed by atoms with van der Waals surface area (Å²) in [4.78, 5) is 40.2. The number of carboxylic acid groups (broad SMARTS) is 2. The van der Waals surface area contributed by atoms with E-state index >= 15 is 0 Å². The minimum Gasteiger partial charge on any atom is -0.481 e. The highest BCUT2D eigenvalue weighted by molar-refractivity contribution is 6.31. The van der Waals surface area contributed by atoms with Gasteiger partial charge < -0.3 is 26.2 Å². The molecule has 1 aliphatic heterocycles. The fourth-order valence-electron chi connectivity index (χ4n) is 3.54. The van der Waals surface area contributed by atoms with Crippen LogP contribution in [-0.2, 0) is 20.8 Å². The molecule has 0 saturated carbocycles. The zero-order chi connectivity index (χ0) is 25.0. The van der Waals surface area contributed by atoms with E-state index in [-0.39, 0.29) is 5.91 Å². The van der Waals surface area contributed by atoms with E-state index in [4.69, 9.17) is 37.1 Å². The molecule has 1 aromatic carbocycles. The van der Waals surface area contributed by atoms with Gasteiger partial charge in [-0.05, 0) is 44.5 Å². The maximum absolute atomic E-state index is 12.1. The van der Waals surface area contributed by atoms with Crippen LogP contribution in [0.3, 0.4) is 0 Å². The zero-order valence-electron chi connectivity index (χ0n) is 19.3. The van der Waals surface area contributed by atoms with Gasteiger partial charge in [-0.3, -0.25) is 19.3 Å². The van der Waals surface area contributed by atoms with Crippen LogP contribution in [0.25, 0.3) is 11.0 Å². The maximum Gasteiger partial charge on any atom is 0.300 e. The number of aryl methyl sites for hydroxylation is 1. The number of hydrogen-bond acceptors (Lipinski definition) is 6. The van der Waals surface area contributed by atoms with Crippen LogP contribution in [0.5, 0.6) is 0 Å². The number of nitrogens with two attached hydrogens (primary N) is 1. The summed E-state index contributed by atoms with van der Waals surface area (Å²) in [5.74, 6) is -0.626. The second-order valence-corrected chi connectivity index (χ2v) is 8.26. The van der Waals surface area contributed by atoms with Gasteiger partial charge in [-0.2, -0.15) is 0 Å². The Morgan fingerprint density at radius 3 is 2.39 bits per heavy atom. The van der Waals surface area contributed by atoms with Crippen molar-refractivity contribution >= 4 is 40.5 Å². The Kier molecular flexibility index (Phi) is 12.4. The number of benzene rings is 1. The molecule has 0 unspecified atom stereocenters. The number of nitrogens with zero attached hydrogens (tertiary/aromatic N) is 2. The number of halogens is 1. The van der Waals surface area contributed by atoms with E-state index in [0.29, 0.717) is 36.6 Å². The summed E-state index contributed by atoms with van der Waals surface area (Å²) in [6.45, 7) is 3.49. The lowest BCUT2D eigenvalue weighted by Crippen LogP contribution is -2.39. The Hall–Kier alpha value is -2.69. The molecule has 2 atom stereocenters. The molecule has 3 rings (SSSR count). The van der Waals surface area contributed by atoms with Crippen LogP contribution in [0.1, 0.15) is 45.4 Å². The second kappa shape index (κ2) is 14.5. The van der Waals surface area contributed by atoms with E-state index in [2.05, 4.69) is 27.2 Å². The maximum atomic E-state index is 12.1. The number of carbonyl (C=O) groups excluding carboxylic acids is 1. The molecule has 11 heteroatoms. The molecule has 0 radical (unpaired) electrons. The van der Waals surface area contributed by atoms with Crippen molar-refractivity contribution in [2.45, 2.75) is 58.0 Å². The van der Waals surface area contributed by atoms with Crippen molar-refractivity contribution in [3.63, 3.8) is 0 Å². The first-order valence-electron chi connectivity index (χ1n) is 10.7. The van der Waals surface area contributed by atoms with Gasteiger partial charge in [-0.15, -0.1) is 0 Å². The lowest BCUT2D eigenvalue weighted by atomic mass is 10.1. The van der Waals surface area contributed by atoms with Crippen LogP contribution >= 0.6 is 11.6 Å². The molecule has 2 aromatic rings. The Morgan fingerprint density at radius 1 is 1.21 bits per heavy atom. The molecule has 1 aliphatic rings. The van der Waals surface area contributed by atoms with Crippen LogP contribution in [0.4, 0.5) is 0 Å². The second-order valence-electron chi connectivity index (χ2n) is 7.83. The van der Waals surface area contributed by atoms with Gasteiger partial charge in [-0.1, -0.05) is 11.6 Å². The molecule has 2 heterocycles. The summed E-state index contributed by atoms with van der Waals surface area (Å²) in [5, 5.41) is 18.5. The number of aromatic amines is 1. The third kappa shape index (κ3) is 11.1. The number of carbonyl (C=O) groups is 3. The SMILES string of the molecule is CC(=O)O.CC(=O)O.CN1[C@@H](CN)CC[C@H]1CC(=O)NCCCc1nc2ccc(Cl)cc2[nH]1. The summed E-state index contributed by atoms with van der Waals surface area (Å²) >= 11 is 5.98. The molecule has 0 bridgehead atoms. The molecule has 10 nitrogen and oxygen atoms in total. The number of carboxylic acids is 2. The highest BCUT2D eigenvalue weighted by Crippen LogP contribution is 2.23. The fraction of sp³-hybridized carbons (Fsp3) is 0.545. The molecule has 1 aromatic heterocycles. The number of likely N-dealkylation sites (tertiary alicyclic amines) is 1. The molecule has 184 valence electrons. The van der Waals surface area contributed by atoms with Crippen molar-refractivity contribution in [2.24, 2.45) is 5.73 Å². The Bertz CT molecular complexity index is 900. The molecule has 1 amide bonds. The number of aromatic nitrogens is 2. The highest BCUT2D eigenvalue weighted by atomic mass is 35.5. The largest absolute Gasteiger partial charge is 0.481 e. The normalized spacial score (nSPS) is 17.5. The van der Waals surface area contributed by atoms with E-state index < -0.39 is 11.9 Å². The Labute approximate surface area is 198 Å². The average molecular weight is 484 g/mol. The lowest BCUT2D eigenvalue weighted by molar-refractivity contribution is -0.135. The number of H-pyrrole nitrogens is 1. The van der Waals surface area contributed by atoms with Crippen molar-refractivity contribution in [1.29, 1.82) is 0 Å². The fourth-order valence-corrected chi connectivity index (χ4v) is 3.72. The van der Waals surface area contributed by atoms with Gasteiger partial charge in [0.1, 0.15) is 5.82 Å². The average Bonchev–Trinajstić information content (AvgIpc) is 3.27. The number of amides is 1. The number of rotatable bonds is 7. The van der Waals surface area contributed by atoms with Crippen molar-refractivity contribution in [3.05, 3.63) is 29.0 Å². The standard InChI is InChI=1S/C18H26ClN5O.2C2H4O2/c1-24-13(5-6-14(24)11-20)10-18(25)21-8-2-3-17-22-15-7-4-12(19)9-16(15)23-17;2*1-2(3)4/h4,7,9,13-14H,2-3,5-6,8,10-11,20H2,1H3,(H,21,25)(H,22,23);2*1H3,(H,3,4)/t13-,14+;;/m0../s1. The number of likely N-dealkylation sites (N-methyl/N-ethyl adjacent to an activating group) is 1.